The van der Waals surface area contributed by atoms with Crippen molar-refractivity contribution in [2.45, 2.75) is 20.3 Å². The van der Waals surface area contributed by atoms with E-state index in [1.165, 1.54) is 6.92 Å². The first kappa shape index (κ1) is 9.71. The lowest BCUT2D eigenvalue weighted by Crippen LogP contribution is -2.01. The van der Waals surface area contributed by atoms with Crippen LogP contribution in [0.5, 0.6) is 5.75 Å². The number of hydrogen-bond donors (Lipinski definition) is 0. The van der Waals surface area contributed by atoms with Crippen molar-refractivity contribution in [3.63, 3.8) is 0 Å². The Balaban J connectivity index is 3.15. The number of pyridine rings is 1. The van der Waals surface area contributed by atoms with E-state index in [1.54, 1.807) is 13.3 Å². The van der Waals surface area contributed by atoms with Gasteiger partial charge in [0.2, 0.25) is 0 Å². The lowest BCUT2D eigenvalue weighted by Gasteiger charge is -2.05. The molecule has 0 radical (unpaired) electrons. The van der Waals surface area contributed by atoms with Crippen molar-refractivity contribution in [3.05, 3.63) is 23.5 Å². The Morgan fingerprint density at radius 3 is 2.77 bits per heavy atom. The number of Topliss-reactive ketones (excluding diaryl/α,β-unsaturated/α-hetero) is 1. The lowest BCUT2D eigenvalue weighted by molar-refractivity contribution is 0.101. The lowest BCUT2D eigenvalue weighted by atomic mass is 10.1. The molecule has 0 aromatic carbocycles. The number of rotatable bonds is 3. The van der Waals surface area contributed by atoms with Crippen molar-refractivity contribution in [2.24, 2.45) is 0 Å². The fraction of sp³-hybridized carbons (Fsp3) is 0.400. The van der Waals surface area contributed by atoms with E-state index in [-0.39, 0.29) is 5.78 Å². The van der Waals surface area contributed by atoms with E-state index in [2.05, 4.69) is 4.98 Å². The molecule has 1 heterocycles. The Morgan fingerprint density at radius 1 is 1.62 bits per heavy atom. The number of aryl methyl sites for hydroxylation is 1. The molecule has 0 aliphatic rings. The first-order valence-corrected chi connectivity index (χ1v) is 4.22. The van der Waals surface area contributed by atoms with Gasteiger partial charge in [-0.2, -0.15) is 0 Å². The zero-order valence-electron chi connectivity index (χ0n) is 8.13. The minimum absolute atomic E-state index is 0.0699. The van der Waals surface area contributed by atoms with E-state index >= 15 is 0 Å². The predicted octanol–water partition coefficient (Wildman–Crippen LogP) is 1.86. The van der Waals surface area contributed by atoms with E-state index in [9.17, 15) is 4.79 Å². The number of nitrogens with zero attached hydrogens (tertiary/aromatic N) is 1. The molecule has 13 heavy (non-hydrogen) atoms. The van der Waals surface area contributed by atoms with E-state index in [4.69, 9.17) is 4.74 Å². The van der Waals surface area contributed by atoms with Gasteiger partial charge in [-0.25, -0.2) is 4.98 Å². The summed E-state index contributed by atoms with van der Waals surface area (Å²) in [5, 5.41) is 0. The molecule has 0 aliphatic carbocycles. The van der Waals surface area contributed by atoms with Crippen LogP contribution in [-0.4, -0.2) is 17.9 Å². The topological polar surface area (TPSA) is 39.2 Å². The summed E-state index contributed by atoms with van der Waals surface area (Å²) in [5.74, 6) is 0.492. The number of ketones is 1. The fourth-order valence-electron chi connectivity index (χ4n) is 1.10. The van der Waals surface area contributed by atoms with E-state index in [0.717, 1.165) is 12.0 Å². The summed E-state index contributed by atoms with van der Waals surface area (Å²) in [6.07, 6.45) is 2.60. The van der Waals surface area contributed by atoms with Gasteiger partial charge in [0.1, 0.15) is 11.4 Å². The molecule has 3 nitrogen and oxygen atoms in total. The normalized spacial score (nSPS) is 9.77. The van der Waals surface area contributed by atoms with Crippen LogP contribution in [0.25, 0.3) is 0 Å². The summed E-state index contributed by atoms with van der Waals surface area (Å²) in [7, 11) is 1.54. The molecule has 0 amide bonds. The second-order valence-electron chi connectivity index (χ2n) is 2.80. The number of hydrogen-bond acceptors (Lipinski definition) is 3. The maximum Gasteiger partial charge on any atom is 0.181 e. The first-order valence-electron chi connectivity index (χ1n) is 4.22. The standard InChI is InChI=1S/C10H13NO2/c1-4-8-5-9(13-3)10(7(2)12)11-6-8/h5-6H,4H2,1-3H3. The molecule has 0 bridgehead atoms. The van der Waals surface area contributed by atoms with Crippen LogP contribution in [0.15, 0.2) is 12.3 Å². The number of aromatic nitrogens is 1. The molecule has 0 spiro atoms. The molecule has 0 aliphatic heterocycles. The summed E-state index contributed by atoms with van der Waals surface area (Å²) >= 11 is 0. The fourth-order valence-corrected chi connectivity index (χ4v) is 1.10. The third-order valence-corrected chi connectivity index (χ3v) is 1.87. The second-order valence-corrected chi connectivity index (χ2v) is 2.80. The van der Waals surface area contributed by atoms with Crippen LogP contribution < -0.4 is 4.74 Å². The molecule has 0 unspecified atom stereocenters. The van der Waals surface area contributed by atoms with E-state index < -0.39 is 0 Å². The van der Waals surface area contributed by atoms with Crippen LogP contribution in [0.3, 0.4) is 0 Å². The van der Waals surface area contributed by atoms with Gasteiger partial charge in [-0.05, 0) is 18.1 Å². The molecule has 1 aromatic rings. The number of carbonyl (C=O) groups excluding carboxylic acids is 1. The average Bonchev–Trinajstić information content (AvgIpc) is 2.16. The molecule has 0 fully saturated rings. The highest BCUT2D eigenvalue weighted by atomic mass is 16.5. The highest BCUT2D eigenvalue weighted by molar-refractivity contribution is 5.94. The summed E-state index contributed by atoms with van der Waals surface area (Å²) < 4.78 is 5.07. The van der Waals surface area contributed by atoms with Crippen LogP contribution >= 0.6 is 0 Å². The Kier molecular flexibility index (Phi) is 3.01. The van der Waals surface area contributed by atoms with E-state index in [0.29, 0.717) is 11.4 Å². The molecule has 3 heteroatoms. The zero-order valence-corrected chi connectivity index (χ0v) is 8.13. The minimum Gasteiger partial charge on any atom is -0.494 e. The second kappa shape index (κ2) is 4.03. The molecule has 0 atom stereocenters. The Morgan fingerprint density at radius 2 is 2.31 bits per heavy atom. The van der Waals surface area contributed by atoms with Crippen LogP contribution in [0.4, 0.5) is 0 Å². The Hall–Kier alpha value is -1.38. The average molecular weight is 179 g/mol. The van der Waals surface area contributed by atoms with Crippen molar-refractivity contribution in [1.29, 1.82) is 0 Å². The van der Waals surface area contributed by atoms with Gasteiger partial charge in [-0.3, -0.25) is 4.79 Å². The van der Waals surface area contributed by atoms with Gasteiger partial charge >= 0.3 is 0 Å². The molecule has 1 rings (SSSR count). The monoisotopic (exact) mass is 179 g/mol. The maximum atomic E-state index is 11.1. The molecule has 0 saturated carbocycles. The van der Waals surface area contributed by atoms with Gasteiger partial charge in [0.05, 0.1) is 7.11 Å². The summed E-state index contributed by atoms with van der Waals surface area (Å²) in [6.45, 7) is 3.51. The third kappa shape index (κ3) is 2.05. The van der Waals surface area contributed by atoms with E-state index in [1.807, 2.05) is 13.0 Å². The molecular formula is C10H13NO2. The maximum absolute atomic E-state index is 11.1. The van der Waals surface area contributed by atoms with Gasteiger partial charge in [-0.15, -0.1) is 0 Å². The smallest absolute Gasteiger partial charge is 0.181 e. The molecule has 0 N–H and O–H groups in total. The van der Waals surface area contributed by atoms with Gasteiger partial charge in [0.15, 0.2) is 5.78 Å². The van der Waals surface area contributed by atoms with Crippen molar-refractivity contribution in [3.8, 4) is 5.75 Å². The van der Waals surface area contributed by atoms with Gasteiger partial charge < -0.3 is 4.74 Å². The minimum atomic E-state index is -0.0699. The SMILES string of the molecule is CCc1cnc(C(C)=O)c(OC)c1. The number of carbonyl (C=O) groups is 1. The van der Waals surface area contributed by atoms with Crippen LogP contribution in [0, 0.1) is 0 Å². The summed E-state index contributed by atoms with van der Waals surface area (Å²) in [6, 6.07) is 1.85. The molecule has 70 valence electrons. The summed E-state index contributed by atoms with van der Waals surface area (Å²) in [5.41, 5.74) is 1.47. The van der Waals surface area contributed by atoms with Crippen LogP contribution in [-0.2, 0) is 6.42 Å². The van der Waals surface area contributed by atoms with Crippen molar-refractivity contribution in [2.75, 3.05) is 7.11 Å². The molecular weight excluding hydrogens is 166 g/mol. The zero-order chi connectivity index (χ0) is 9.84. The van der Waals surface area contributed by atoms with Crippen molar-refractivity contribution >= 4 is 5.78 Å². The van der Waals surface area contributed by atoms with Crippen LogP contribution in [0.1, 0.15) is 29.9 Å². The number of ether oxygens (including phenoxy) is 1. The van der Waals surface area contributed by atoms with Crippen molar-refractivity contribution < 1.29 is 9.53 Å². The van der Waals surface area contributed by atoms with Gasteiger partial charge in [0, 0.05) is 13.1 Å². The quantitative estimate of drug-likeness (QED) is 0.665. The number of methoxy groups -OCH3 is 1. The Labute approximate surface area is 77.8 Å². The highest BCUT2D eigenvalue weighted by Crippen LogP contribution is 2.17. The molecule has 1 aromatic heterocycles. The predicted molar refractivity (Wildman–Crippen MR) is 50.2 cm³/mol. The first-order chi connectivity index (χ1) is 6.19. The van der Waals surface area contributed by atoms with Crippen molar-refractivity contribution in [1.82, 2.24) is 4.98 Å². The molecule has 0 saturated heterocycles. The summed E-state index contributed by atoms with van der Waals surface area (Å²) in [4.78, 5) is 15.1. The highest BCUT2D eigenvalue weighted by Gasteiger charge is 2.09. The third-order valence-electron chi connectivity index (χ3n) is 1.87. The van der Waals surface area contributed by atoms with Crippen LogP contribution in [0.2, 0.25) is 0 Å². The Bertz CT molecular complexity index is 321. The van der Waals surface area contributed by atoms with Gasteiger partial charge in [-0.1, -0.05) is 6.92 Å². The largest absolute Gasteiger partial charge is 0.494 e. The van der Waals surface area contributed by atoms with Gasteiger partial charge in [0.25, 0.3) is 0 Å².